The first-order valence-electron chi connectivity index (χ1n) is 4.80. The van der Waals surface area contributed by atoms with Crippen LogP contribution >= 0.6 is 11.8 Å². The molecule has 1 aromatic rings. The number of nitrogens with two attached hydrogens (primary N) is 1. The van der Waals surface area contributed by atoms with Crippen LogP contribution in [0, 0.1) is 6.92 Å². The molecule has 0 aliphatic heterocycles. The van der Waals surface area contributed by atoms with Crippen molar-refractivity contribution in [3.8, 4) is 0 Å². The van der Waals surface area contributed by atoms with Crippen molar-refractivity contribution >= 4 is 23.4 Å². The first-order valence-corrected chi connectivity index (χ1v) is 5.68. The Balaban J connectivity index is 2.87. The van der Waals surface area contributed by atoms with Crippen molar-refractivity contribution in [2.75, 3.05) is 5.73 Å². The number of thioether (sulfide) groups is 1. The fraction of sp³-hybridized carbons (Fsp3) is 0.364. The van der Waals surface area contributed by atoms with Gasteiger partial charge in [0.25, 0.3) is 0 Å². The van der Waals surface area contributed by atoms with Crippen LogP contribution in [0.4, 0.5) is 5.69 Å². The van der Waals surface area contributed by atoms with Crippen LogP contribution in [0.15, 0.2) is 23.1 Å². The fourth-order valence-electron chi connectivity index (χ4n) is 1.21. The Morgan fingerprint density at radius 1 is 1.60 bits per heavy atom. The number of benzene rings is 1. The highest BCUT2D eigenvalue weighted by atomic mass is 32.2. The van der Waals surface area contributed by atoms with E-state index in [2.05, 4.69) is 0 Å². The summed E-state index contributed by atoms with van der Waals surface area (Å²) in [4.78, 5) is 11.7. The maximum atomic E-state index is 10.9. The fourth-order valence-corrected chi connectivity index (χ4v) is 2.24. The van der Waals surface area contributed by atoms with Crippen LogP contribution in [-0.2, 0) is 4.79 Å². The Morgan fingerprint density at radius 3 is 2.80 bits per heavy atom. The molecule has 0 aliphatic carbocycles. The average Bonchev–Trinajstić information content (AvgIpc) is 2.18. The second-order valence-electron chi connectivity index (χ2n) is 3.39. The number of hydrogen-bond donors (Lipinski definition) is 2. The lowest BCUT2D eigenvalue weighted by Gasteiger charge is -2.11. The highest BCUT2D eigenvalue weighted by Gasteiger charge is 2.17. The lowest BCUT2D eigenvalue weighted by molar-refractivity contribution is -0.136. The van der Waals surface area contributed by atoms with Crippen molar-refractivity contribution in [3.63, 3.8) is 0 Å². The quantitative estimate of drug-likeness (QED) is 0.610. The van der Waals surface area contributed by atoms with Crippen LogP contribution in [0.5, 0.6) is 0 Å². The summed E-state index contributed by atoms with van der Waals surface area (Å²) in [5, 5.41) is 8.51. The highest BCUT2D eigenvalue weighted by Crippen LogP contribution is 2.31. The smallest absolute Gasteiger partial charge is 0.316 e. The minimum absolute atomic E-state index is 0.422. The van der Waals surface area contributed by atoms with Crippen LogP contribution in [0.2, 0.25) is 0 Å². The Labute approximate surface area is 93.7 Å². The molecule has 0 radical (unpaired) electrons. The van der Waals surface area contributed by atoms with E-state index >= 15 is 0 Å². The molecule has 0 aromatic heterocycles. The van der Waals surface area contributed by atoms with Gasteiger partial charge >= 0.3 is 5.97 Å². The average molecular weight is 225 g/mol. The Kier molecular flexibility index (Phi) is 4.03. The predicted octanol–water partition coefficient (Wildman–Crippen LogP) is 2.53. The van der Waals surface area contributed by atoms with E-state index in [1.165, 1.54) is 11.8 Å². The summed E-state index contributed by atoms with van der Waals surface area (Å²) in [7, 11) is 0. The summed E-state index contributed by atoms with van der Waals surface area (Å²) >= 11 is 1.31. The zero-order chi connectivity index (χ0) is 11.4. The molecule has 0 heterocycles. The summed E-state index contributed by atoms with van der Waals surface area (Å²) in [6.45, 7) is 3.82. The summed E-state index contributed by atoms with van der Waals surface area (Å²) in [5.41, 5.74) is 7.51. The largest absolute Gasteiger partial charge is 0.480 e. The standard InChI is InChI=1S/C11H15NO2S/c1-3-9(11(13)14)15-10-6-7(2)4-5-8(10)12/h4-6,9H,3,12H2,1-2H3,(H,13,14). The number of carboxylic acid groups (broad SMARTS) is 1. The van der Waals surface area contributed by atoms with Gasteiger partial charge in [0.2, 0.25) is 0 Å². The zero-order valence-electron chi connectivity index (χ0n) is 8.86. The summed E-state index contributed by atoms with van der Waals surface area (Å²) < 4.78 is 0. The van der Waals surface area contributed by atoms with Gasteiger partial charge in [-0.05, 0) is 31.0 Å². The van der Waals surface area contributed by atoms with Gasteiger partial charge in [0.1, 0.15) is 5.25 Å². The Hall–Kier alpha value is -1.16. The molecule has 0 saturated heterocycles. The van der Waals surface area contributed by atoms with Gasteiger partial charge in [0.05, 0.1) is 0 Å². The number of nitrogen functional groups attached to an aromatic ring is 1. The van der Waals surface area contributed by atoms with Gasteiger partial charge in [-0.25, -0.2) is 0 Å². The van der Waals surface area contributed by atoms with E-state index < -0.39 is 11.2 Å². The van der Waals surface area contributed by atoms with Crippen molar-refractivity contribution in [2.24, 2.45) is 0 Å². The van der Waals surface area contributed by atoms with Gasteiger partial charge in [-0.2, -0.15) is 0 Å². The molecular weight excluding hydrogens is 210 g/mol. The molecule has 0 amide bonds. The third-order valence-electron chi connectivity index (χ3n) is 2.08. The van der Waals surface area contributed by atoms with E-state index in [0.717, 1.165) is 10.5 Å². The summed E-state index contributed by atoms with van der Waals surface area (Å²) in [5.74, 6) is -0.789. The van der Waals surface area contributed by atoms with E-state index in [9.17, 15) is 4.79 Å². The molecule has 0 spiro atoms. The van der Waals surface area contributed by atoms with E-state index in [4.69, 9.17) is 10.8 Å². The first kappa shape index (κ1) is 11.9. The maximum absolute atomic E-state index is 10.9. The van der Waals surface area contributed by atoms with E-state index in [1.54, 1.807) is 0 Å². The number of carbonyl (C=O) groups is 1. The molecule has 0 aliphatic rings. The molecule has 0 saturated carbocycles. The molecule has 82 valence electrons. The maximum Gasteiger partial charge on any atom is 0.316 e. The molecule has 1 unspecified atom stereocenters. The molecule has 4 heteroatoms. The van der Waals surface area contributed by atoms with Crippen LogP contribution in [0.3, 0.4) is 0 Å². The molecule has 3 N–H and O–H groups in total. The molecule has 1 aromatic carbocycles. The predicted molar refractivity (Wildman–Crippen MR) is 63.2 cm³/mol. The number of rotatable bonds is 4. The second-order valence-corrected chi connectivity index (χ2v) is 4.64. The molecule has 0 fully saturated rings. The van der Waals surface area contributed by atoms with E-state index in [0.29, 0.717) is 12.1 Å². The van der Waals surface area contributed by atoms with Gasteiger partial charge in [0.15, 0.2) is 0 Å². The third kappa shape index (κ3) is 3.16. The third-order valence-corrected chi connectivity index (χ3v) is 3.51. The van der Waals surface area contributed by atoms with Crippen molar-refractivity contribution < 1.29 is 9.90 Å². The topological polar surface area (TPSA) is 63.3 Å². The van der Waals surface area contributed by atoms with Crippen LogP contribution in [-0.4, -0.2) is 16.3 Å². The zero-order valence-corrected chi connectivity index (χ0v) is 9.67. The summed E-state index contributed by atoms with van der Waals surface area (Å²) in [6, 6.07) is 5.65. The molecule has 1 atom stereocenters. The van der Waals surface area contributed by atoms with Crippen molar-refractivity contribution in [2.45, 2.75) is 30.4 Å². The van der Waals surface area contributed by atoms with Crippen LogP contribution < -0.4 is 5.73 Å². The number of anilines is 1. The number of aryl methyl sites for hydroxylation is 1. The molecule has 3 nitrogen and oxygen atoms in total. The van der Waals surface area contributed by atoms with Gasteiger partial charge in [-0.3, -0.25) is 4.79 Å². The van der Waals surface area contributed by atoms with Gasteiger partial charge < -0.3 is 10.8 Å². The number of hydrogen-bond acceptors (Lipinski definition) is 3. The number of aliphatic carboxylic acids is 1. The van der Waals surface area contributed by atoms with E-state index in [1.807, 2.05) is 32.0 Å². The van der Waals surface area contributed by atoms with Crippen molar-refractivity contribution in [1.82, 2.24) is 0 Å². The van der Waals surface area contributed by atoms with Gasteiger partial charge in [0, 0.05) is 10.6 Å². The molecule has 0 bridgehead atoms. The van der Waals surface area contributed by atoms with E-state index in [-0.39, 0.29) is 0 Å². The van der Waals surface area contributed by atoms with Crippen molar-refractivity contribution in [3.05, 3.63) is 23.8 Å². The highest BCUT2D eigenvalue weighted by molar-refractivity contribution is 8.00. The second kappa shape index (κ2) is 5.07. The minimum atomic E-state index is -0.789. The van der Waals surface area contributed by atoms with Crippen LogP contribution in [0.25, 0.3) is 0 Å². The minimum Gasteiger partial charge on any atom is -0.480 e. The van der Waals surface area contributed by atoms with Crippen LogP contribution in [0.1, 0.15) is 18.9 Å². The first-order chi connectivity index (χ1) is 7.04. The lowest BCUT2D eigenvalue weighted by Crippen LogP contribution is -2.14. The number of carboxylic acids is 1. The van der Waals surface area contributed by atoms with Gasteiger partial charge in [-0.15, -0.1) is 11.8 Å². The molecule has 15 heavy (non-hydrogen) atoms. The Bertz CT molecular complexity index is 366. The summed E-state index contributed by atoms with van der Waals surface area (Å²) in [6.07, 6.45) is 0.591. The molecule has 1 rings (SSSR count). The SMILES string of the molecule is CCC(Sc1cc(C)ccc1N)C(=O)O. The van der Waals surface area contributed by atoms with Crippen molar-refractivity contribution in [1.29, 1.82) is 0 Å². The molecular formula is C11H15NO2S. The normalized spacial score (nSPS) is 12.4. The lowest BCUT2D eigenvalue weighted by atomic mass is 10.2. The van der Waals surface area contributed by atoms with Gasteiger partial charge in [-0.1, -0.05) is 13.0 Å². The Morgan fingerprint density at radius 2 is 2.27 bits per heavy atom. The monoisotopic (exact) mass is 225 g/mol.